The molecule has 0 saturated carbocycles. The Morgan fingerprint density at radius 3 is 2.71 bits per heavy atom. The minimum absolute atomic E-state index is 0.0340. The summed E-state index contributed by atoms with van der Waals surface area (Å²) in [4.78, 5) is 16.0. The van der Waals surface area contributed by atoms with Gasteiger partial charge in [-0.15, -0.1) is 0 Å². The molecule has 0 aromatic heterocycles. The van der Waals surface area contributed by atoms with E-state index in [0.717, 1.165) is 44.5 Å². The van der Waals surface area contributed by atoms with Gasteiger partial charge in [0, 0.05) is 6.42 Å². The molecule has 0 amide bonds. The van der Waals surface area contributed by atoms with Crippen LogP contribution in [0.1, 0.15) is 38.5 Å². The van der Waals surface area contributed by atoms with Crippen LogP contribution < -0.4 is 10.2 Å². The lowest BCUT2D eigenvalue weighted by atomic mass is 10.0. The van der Waals surface area contributed by atoms with Crippen molar-refractivity contribution in [2.75, 3.05) is 6.61 Å². The van der Waals surface area contributed by atoms with E-state index in [4.69, 9.17) is 14.7 Å². The van der Waals surface area contributed by atoms with Crippen molar-refractivity contribution in [3.8, 4) is 5.75 Å². The number of carboxylic acids is 1. The molecule has 0 bridgehead atoms. The van der Waals surface area contributed by atoms with E-state index in [9.17, 15) is 4.79 Å². The second-order valence-electron chi connectivity index (χ2n) is 5.35. The first-order valence-electron chi connectivity index (χ1n) is 7.57. The number of unbranched alkanes of at least 4 members (excludes halogenated alkanes) is 3. The molecule has 0 aliphatic carbocycles. The lowest BCUT2D eigenvalue weighted by molar-refractivity contribution is -0.140. The summed E-state index contributed by atoms with van der Waals surface area (Å²) in [5.74, 6) is 0.0817. The van der Waals surface area contributed by atoms with Gasteiger partial charge in [-0.3, -0.25) is 9.63 Å². The molecule has 5 nitrogen and oxygen atoms in total. The molecule has 0 spiro atoms. The van der Waals surface area contributed by atoms with E-state index in [1.807, 2.05) is 30.3 Å². The molecule has 1 heterocycles. The number of rotatable bonds is 9. The molecule has 1 saturated heterocycles. The first kappa shape index (κ1) is 15.8. The molecule has 1 aliphatic heterocycles. The van der Waals surface area contributed by atoms with Crippen LogP contribution >= 0.6 is 0 Å². The van der Waals surface area contributed by atoms with Crippen molar-refractivity contribution in [3.63, 3.8) is 0 Å². The van der Waals surface area contributed by atoms with Crippen molar-refractivity contribution < 1.29 is 19.5 Å². The van der Waals surface area contributed by atoms with E-state index >= 15 is 0 Å². The minimum Gasteiger partial charge on any atom is -0.494 e. The van der Waals surface area contributed by atoms with Gasteiger partial charge < -0.3 is 9.84 Å². The van der Waals surface area contributed by atoms with E-state index < -0.39 is 12.0 Å². The Bertz CT molecular complexity index is 424. The molecule has 2 unspecified atom stereocenters. The maximum atomic E-state index is 10.8. The molecular weight excluding hydrogens is 270 g/mol. The Morgan fingerprint density at radius 1 is 1.24 bits per heavy atom. The SMILES string of the molecule is O=C(O)C1CC(CCCCCCOc2ccccc2)ON1. The van der Waals surface area contributed by atoms with Crippen molar-refractivity contribution in [1.82, 2.24) is 5.48 Å². The van der Waals surface area contributed by atoms with E-state index in [0.29, 0.717) is 6.42 Å². The highest BCUT2D eigenvalue weighted by molar-refractivity contribution is 5.73. The molecule has 1 aromatic rings. The number of hydroxylamine groups is 1. The molecular formula is C16H23NO4. The Labute approximate surface area is 125 Å². The van der Waals surface area contributed by atoms with E-state index in [1.165, 1.54) is 0 Å². The molecule has 2 atom stereocenters. The Kier molecular flexibility index (Phi) is 6.50. The summed E-state index contributed by atoms with van der Waals surface area (Å²) < 4.78 is 5.63. The fraction of sp³-hybridized carbons (Fsp3) is 0.562. The number of nitrogens with one attached hydrogen (secondary N) is 1. The van der Waals surface area contributed by atoms with Gasteiger partial charge in [0.25, 0.3) is 0 Å². The second-order valence-corrected chi connectivity index (χ2v) is 5.35. The maximum absolute atomic E-state index is 10.8. The van der Waals surface area contributed by atoms with Crippen LogP contribution in [0.5, 0.6) is 5.75 Å². The van der Waals surface area contributed by atoms with Gasteiger partial charge in [-0.25, -0.2) is 0 Å². The van der Waals surface area contributed by atoms with E-state index in [-0.39, 0.29) is 6.10 Å². The highest BCUT2D eigenvalue weighted by Crippen LogP contribution is 2.17. The largest absolute Gasteiger partial charge is 0.494 e. The van der Waals surface area contributed by atoms with Gasteiger partial charge in [0.1, 0.15) is 11.8 Å². The summed E-state index contributed by atoms with van der Waals surface area (Å²) in [6.45, 7) is 0.743. The topological polar surface area (TPSA) is 67.8 Å². The quantitative estimate of drug-likeness (QED) is 0.685. The van der Waals surface area contributed by atoms with Crippen LogP contribution in [-0.4, -0.2) is 29.8 Å². The van der Waals surface area contributed by atoms with Crippen molar-refractivity contribution in [1.29, 1.82) is 0 Å². The van der Waals surface area contributed by atoms with Gasteiger partial charge in [0.2, 0.25) is 0 Å². The summed E-state index contributed by atoms with van der Waals surface area (Å²) in [7, 11) is 0. The first-order chi connectivity index (χ1) is 10.3. The normalized spacial score (nSPS) is 21.3. The summed E-state index contributed by atoms with van der Waals surface area (Å²) in [6, 6.07) is 9.29. The number of para-hydroxylation sites is 1. The Balaban J connectivity index is 1.45. The second kappa shape index (κ2) is 8.64. The van der Waals surface area contributed by atoms with E-state index in [2.05, 4.69) is 5.48 Å². The van der Waals surface area contributed by atoms with Crippen molar-refractivity contribution in [2.45, 2.75) is 50.7 Å². The number of benzene rings is 1. The predicted octanol–water partition coefficient (Wildman–Crippen LogP) is 2.76. The maximum Gasteiger partial charge on any atom is 0.323 e. The number of hydrogen-bond donors (Lipinski definition) is 2. The third-order valence-corrected chi connectivity index (χ3v) is 3.61. The standard InChI is InChI=1S/C16H23NO4/c18-16(19)15-12-14(21-17-15)10-4-1-2-7-11-20-13-8-5-3-6-9-13/h3,5-6,8-9,14-15,17H,1-2,4,7,10-12H2,(H,18,19). The van der Waals surface area contributed by atoms with Crippen LogP contribution in [-0.2, 0) is 9.63 Å². The van der Waals surface area contributed by atoms with Crippen molar-refractivity contribution >= 4 is 5.97 Å². The van der Waals surface area contributed by atoms with Crippen LogP contribution in [0, 0.1) is 0 Å². The first-order valence-corrected chi connectivity index (χ1v) is 7.57. The lowest BCUT2D eigenvalue weighted by Crippen LogP contribution is -2.29. The highest BCUT2D eigenvalue weighted by Gasteiger charge is 2.29. The fourth-order valence-electron chi connectivity index (χ4n) is 2.40. The lowest BCUT2D eigenvalue weighted by Gasteiger charge is -2.08. The van der Waals surface area contributed by atoms with Gasteiger partial charge in [0.05, 0.1) is 12.7 Å². The number of carboxylic acid groups (broad SMARTS) is 1. The number of aliphatic carboxylic acids is 1. The zero-order valence-corrected chi connectivity index (χ0v) is 12.2. The molecule has 0 radical (unpaired) electrons. The zero-order valence-electron chi connectivity index (χ0n) is 12.2. The Hall–Kier alpha value is -1.59. The summed E-state index contributed by atoms with van der Waals surface area (Å²) >= 11 is 0. The number of hydrogen-bond acceptors (Lipinski definition) is 4. The smallest absolute Gasteiger partial charge is 0.323 e. The third kappa shape index (κ3) is 5.73. The summed E-state index contributed by atoms with van der Waals surface area (Å²) in [5, 5.41) is 8.84. The molecule has 2 rings (SSSR count). The van der Waals surface area contributed by atoms with Crippen molar-refractivity contribution in [3.05, 3.63) is 30.3 Å². The minimum atomic E-state index is -0.837. The number of ether oxygens (including phenoxy) is 1. The van der Waals surface area contributed by atoms with Gasteiger partial charge in [-0.1, -0.05) is 37.5 Å². The Morgan fingerprint density at radius 2 is 2.00 bits per heavy atom. The van der Waals surface area contributed by atoms with Gasteiger partial charge >= 0.3 is 5.97 Å². The van der Waals surface area contributed by atoms with Gasteiger partial charge in [0.15, 0.2) is 0 Å². The summed E-state index contributed by atoms with van der Waals surface area (Å²) in [5.41, 5.74) is 2.57. The predicted molar refractivity (Wildman–Crippen MR) is 79.1 cm³/mol. The van der Waals surface area contributed by atoms with Crippen LogP contribution in [0.2, 0.25) is 0 Å². The third-order valence-electron chi connectivity index (χ3n) is 3.61. The molecule has 5 heteroatoms. The fourth-order valence-corrected chi connectivity index (χ4v) is 2.40. The zero-order chi connectivity index (χ0) is 14.9. The molecule has 1 aromatic carbocycles. The van der Waals surface area contributed by atoms with Crippen LogP contribution in [0.4, 0.5) is 0 Å². The van der Waals surface area contributed by atoms with Gasteiger partial charge in [-0.05, 0) is 25.0 Å². The number of carbonyl (C=O) groups is 1. The molecule has 1 fully saturated rings. The van der Waals surface area contributed by atoms with Crippen LogP contribution in [0.15, 0.2) is 30.3 Å². The summed E-state index contributed by atoms with van der Waals surface area (Å²) in [6.07, 6.45) is 5.85. The monoisotopic (exact) mass is 293 g/mol. The average Bonchev–Trinajstić information content (AvgIpc) is 2.96. The van der Waals surface area contributed by atoms with Crippen LogP contribution in [0.3, 0.4) is 0 Å². The van der Waals surface area contributed by atoms with Gasteiger partial charge in [-0.2, -0.15) is 5.48 Å². The van der Waals surface area contributed by atoms with Crippen LogP contribution in [0.25, 0.3) is 0 Å². The molecule has 1 aliphatic rings. The molecule has 2 N–H and O–H groups in total. The van der Waals surface area contributed by atoms with Crippen molar-refractivity contribution in [2.24, 2.45) is 0 Å². The highest BCUT2D eigenvalue weighted by atomic mass is 16.7. The molecule has 116 valence electrons. The van der Waals surface area contributed by atoms with E-state index in [1.54, 1.807) is 0 Å². The molecule has 21 heavy (non-hydrogen) atoms. The average molecular weight is 293 g/mol.